The lowest BCUT2D eigenvalue weighted by Gasteiger charge is -2.38. The Morgan fingerprint density at radius 3 is 2.42 bits per heavy atom. The third kappa shape index (κ3) is 3.04. The van der Waals surface area contributed by atoms with Crippen LogP contribution in [0, 0.1) is 0 Å². The van der Waals surface area contributed by atoms with E-state index in [0.717, 1.165) is 37.1 Å². The van der Waals surface area contributed by atoms with E-state index in [1.54, 1.807) is 0 Å². The molecule has 2 aliphatic heterocycles. The van der Waals surface area contributed by atoms with Gasteiger partial charge in [-0.15, -0.1) is 0 Å². The van der Waals surface area contributed by atoms with Crippen LogP contribution in [0.5, 0.6) is 0 Å². The number of nitrogens with one attached hydrogen (secondary N) is 3. The van der Waals surface area contributed by atoms with Gasteiger partial charge in [-0.25, -0.2) is 4.99 Å². The molecule has 0 saturated carbocycles. The van der Waals surface area contributed by atoms with Crippen molar-refractivity contribution < 1.29 is 4.79 Å². The van der Waals surface area contributed by atoms with Gasteiger partial charge < -0.3 is 0 Å². The molecule has 2 aromatic carbocycles. The van der Waals surface area contributed by atoms with Gasteiger partial charge in [-0.1, -0.05) is 55.0 Å². The first kappa shape index (κ1) is 16.6. The summed E-state index contributed by atoms with van der Waals surface area (Å²) in [6, 6.07) is 19.7. The van der Waals surface area contributed by atoms with E-state index >= 15 is 0 Å². The third-order valence-electron chi connectivity index (χ3n) is 4.82. The minimum absolute atomic E-state index is 0.0910. The van der Waals surface area contributed by atoms with Gasteiger partial charge in [0, 0.05) is 12.1 Å². The largest absolute Gasteiger partial charge is 0.299 e. The van der Waals surface area contributed by atoms with Crippen molar-refractivity contribution in [1.29, 1.82) is 0 Å². The van der Waals surface area contributed by atoms with Crippen molar-refractivity contribution >= 4 is 17.4 Å². The number of hydrazine groups is 1. The molecule has 1 saturated heterocycles. The van der Waals surface area contributed by atoms with Gasteiger partial charge in [0.15, 0.2) is 0 Å². The number of benzene rings is 2. The van der Waals surface area contributed by atoms with Gasteiger partial charge in [-0.3, -0.25) is 25.9 Å². The quantitative estimate of drug-likeness (QED) is 0.745. The van der Waals surface area contributed by atoms with Crippen LogP contribution in [0.15, 0.2) is 65.7 Å². The predicted molar refractivity (Wildman–Crippen MR) is 102 cm³/mol. The first-order valence-corrected chi connectivity index (χ1v) is 9.09. The van der Waals surface area contributed by atoms with Crippen LogP contribution in [0.4, 0.5) is 5.69 Å². The maximum absolute atomic E-state index is 13.1. The minimum atomic E-state index is -0.834. The summed E-state index contributed by atoms with van der Waals surface area (Å²) >= 11 is 0. The van der Waals surface area contributed by atoms with Crippen LogP contribution in [0.3, 0.4) is 0 Å². The number of hydrogen-bond acceptors (Lipinski definition) is 5. The Bertz CT molecular complexity index is 792. The number of carbonyl (C=O) groups is 1. The molecule has 2 aromatic rings. The van der Waals surface area contributed by atoms with Crippen LogP contribution in [0.25, 0.3) is 0 Å². The number of carbonyl (C=O) groups excluding carboxylic acids is 1. The number of aliphatic imine (C=N–C) groups is 1. The monoisotopic (exact) mass is 349 g/mol. The molecule has 2 heterocycles. The number of anilines is 1. The molecule has 6 nitrogen and oxygen atoms in total. The van der Waals surface area contributed by atoms with E-state index in [-0.39, 0.29) is 5.91 Å². The third-order valence-corrected chi connectivity index (χ3v) is 4.82. The second kappa shape index (κ2) is 7.17. The summed E-state index contributed by atoms with van der Waals surface area (Å²) in [5.41, 5.74) is 7.94. The summed E-state index contributed by atoms with van der Waals surface area (Å²) in [6.45, 7) is 1.50. The van der Waals surface area contributed by atoms with Crippen LogP contribution in [0.2, 0.25) is 0 Å². The van der Waals surface area contributed by atoms with Gasteiger partial charge in [-0.2, -0.15) is 0 Å². The van der Waals surface area contributed by atoms with Gasteiger partial charge in [0.25, 0.3) is 5.91 Å². The number of fused-ring (bicyclic) bond motifs is 1. The highest BCUT2D eigenvalue weighted by Crippen LogP contribution is 2.33. The molecule has 0 radical (unpaired) electrons. The van der Waals surface area contributed by atoms with E-state index in [1.807, 2.05) is 65.6 Å². The van der Waals surface area contributed by atoms with Crippen molar-refractivity contribution in [2.24, 2.45) is 4.99 Å². The molecule has 1 fully saturated rings. The Labute approximate surface area is 153 Å². The van der Waals surface area contributed by atoms with Gasteiger partial charge in [0.05, 0.1) is 5.69 Å². The Morgan fingerprint density at radius 2 is 1.65 bits per heavy atom. The van der Waals surface area contributed by atoms with Gasteiger partial charge in [0.1, 0.15) is 0 Å². The highest BCUT2D eigenvalue weighted by atomic mass is 16.2. The van der Waals surface area contributed by atoms with E-state index in [1.165, 1.54) is 0 Å². The maximum atomic E-state index is 13.1. The summed E-state index contributed by atoms with van der Waals surface area (Å²) in [7, 11) is 0. The molecule has 0 spiro atoms. The zero-order chi connectivity index (χ0) is 17.8. The van der Waals surface area contributed by atoms with Crippen LogP contribution in [-0.2, 0) is 10.6 Å². The molecule has 6 heteroatoms. The summed E-state index contributed by atoms with van der Waals surface area (Å²) < 4.78 is 0. The van der Waals surface area contributed by atoms with Crippen molar-refractivity contribution in [1.82, 2.24) is 15.6 Å². The lowest BCUT2D eigenvalue weighted by Crippen LogP contribution is -2.55. The lowest BCUT2D eigenvalue weighted by molar-refractivity contribution is -0.130. The van der Waals surface area contributed by atoms with Gasteiger partial charge >= 0.3 is 0 Å². The van der Waals surface area contributed by atoms with Crippen molar-refractivity contribution in [2.45, 2.75) is 25.0 Å². The fraction of sp³-hybridized carbons (Fsp3) is 0.300. The first-order valence-electron chi connectivity index (χ1n) is 9.09. The van der Waals surface area contributed by atoms with Gasteiger partial charge in [0.2, 0.25) is 11.6 Å². The van der Waals surface area contributed by atoms with Crippen molar-refractivity contribution in [3.05, 3.63) is 66.2 Å². The van der Waals surface area contributed by atoms with Crippen molar-refractivity contribution in [2.75, 3.05) is 18.5 Å². The van der Waals surface area contributed by atoms with E-state index in [0.29, 0.717) is 12.4 Å². The highest BCUT2D eigenvalue weighted by Gasteiger charge is 2.48. The Balaban J connectivity index is 1.66. The second-order valence-corrected chi connectivity index (χ2v) is 6.56. The highest BCUT2D eigenvalue weighted by molar-refractivity contribution is 6.39. The van der Waals surface area contributed by atoms with E-state index in [9.17, 15) is 4.79 Å². The number of amidine groups is 1. The SMILES string of the molecule is O=C1C(NNc2ccccc2)=NC2(c3ccccc3)NCCCCCN12. The molecular weight excluding hydrogens is 326 g/mol. The Hall–Kier alpha value is -2.86. The summed E-state index contributed by atoms with van der Waals surface area (Å²) in [6.07, 6.45) is 3.17. The van der Waals surface area contributed by atoms with Gasteiger partial charge in [-0.05, 0) is 31.5 Å². The predicted octanol–water partition coefficient (Wildman–Crippen LogP) is 2.43. The van der Waals surface area contributed by atoms with Crippen molar-refractivity contribution in [3.8, 4) is 0 Å². The topological polar surface area (TPSA) is 68.8 Å². The maximum Gasteiger partial charge on any atom is 0.294 e. The summed E-state index contributed by atoms with van der Waals surface area (Å²) in [5.74, 6) is -0.599. The molecule has 4 rings (SSSR count). The van der Waals surface area contributed by atoms with Crippen LogP contribution < -0.4 is 16.2 Å². The molecule has 1 unspecified atom stereocenters. The molecule has 3 N–H and O–H groups in total. The minimum Gasteiger partial charge on any atom is -0.299 e. The smallest absolute Gasteiger partial charge is 0.294 e. The average Bonchev–Trinajstić information content (AvgIpc) is 2.93. The first-order chi connectivity index (χ1) is 12.8. The number of nitrogens with zero attached hydrogens (tertiary/aromatic N) is 2. The summed E-state index contributed by atoms with van der Waals surface area (Å²) in [4.78, 5) is 19.7. The molecule has 0 aromatic heterocycles. The zero-order valence-electron chi connectivity index (χ0n) is 14.6. The fourth-order valence-corrected chi connectivity index (χ4v) is 3.50. The molecule has 2 aliphatic rings. The van der Waals surface area contributed by atoms with Crippen molar-refractivity contribution in [3.63, 3.8) is 0 Å². The number of hydrogen-bond donors (Lipinski definition) is 3. The molecular formula is C20H23N5O. The molecule has 0 aliphatic carbocycles. The zero-order valence-corrected chi connectivity index (χ0v) is 14.6. The van der Waals surface area contributed by atoms with E-state index in [2.05, 4.69) is 16.2 Å². The van der Waals surface area contributed by atoms with E-state index in [4.69, 9.17) is 4.99 Å². The van der Waals surface area contributed by atoms with Crippen LogP contribution >= 0.6 is 0 Å². The standard InChI is InChI=1S/C20H23N5O/c26-19-18(24-23-17-12-6-2-7-13-17)22-20(16-10-4-1-5-11-16)21-14-8-3-9-15-25(19)20/h1-2,4-7,10-13,21,23H,3,8-9,14-15H2,(H,22,24). The molecule has 134 valence electrons. The second-order valence-electron chi connectivity index (χ2n) is 6.56. The van der Waals surface area contributed by atoms with E-state index < -0.39 is 5.79 Å². The number of para-hydroxylation sites is 1. The summed E-state index contributed by atoms with van der Waals surface area (Å²) in [5, 5.41) is 3.52. The molecule has 26 heavy (non-hydrogen) atoms. The average molecular weight is 349 g/mol. The number of rotatable bonds is 3. The van der Waals surface area contributed by atoms with Crippen LogP contribution in [-0.4, -0.2) is 29.7 Å². The molecule has 1 atom stereocenters. The Kier molecular flexibility index (Phi) is 4.58. The normalized spacial score (nSPS) is 22.8. The lowest BCUT2D eigenvalue weighted by atomic mass is 10.0. The molecule has 0 bridgehead atoms. The van der Waals surface area contributed by atoms with Crippen LogP contribution in [0.1, 0.15) is 24.8 Å². The Morgan fingerprint density at radius 1 is 0.923 bits per heavy atom. The number of amides is 1. The molecule has 1 amide bonds. The fourth-order valence-electron chi connectivity index (χ4n) is 3.50.